The lowest BCUT2D eigenvalue weighted by molar-refractivity contribution is -0.134. The molecule has 9 nitrogen and oxygen atoms in total. The Labute approximate surface area is 191 Å². The van der Waals surface area contributed by atoms with Crippen LogP contribution in [0.3, 0.4) is 0 Å². The van der Waals surface area contributed by atoms with E-state index < -0.39 is 11.9 Å². The Morgan fingerprint density at radius 2 is 1.88 bits per heavy atom. The number of rotatable bonds is 6. The molecule has 9 heteroatoms. The third kappa shape index (κ3) is 5.38. The molecule has 0 spiro atoms. The topological polar surface area (TPSA) is 105 Å². The van der Waals surface area contributed by atoms with Crippen LogP contribution in [-0.4, -0.2) is 60.5 Å². The van der Waals surface area contributed by atoms with Crippen molar-refractivity contribution in [2.24, 2.45) is 0 Å². The van der Waals surface area contributed by atoms with Gasteiger partial charge in [0.15, 0.2) is 12.4 Å². The molecule has 33 heavy (non-hydrogen) atoms. The number of carbonyl (C=O) groups excluding carboxylic acids is 3. The number of aryl methyl sites for hydroxylation is 1. The zero-order valence-corrected chi connectivity index (χ0v) is 18.2. The second-order valence-electron chi connectivity index (χ2n) is 7.59. The molecule has 1 fully saturated rings. The van der Waals surface area contributed by atoms with Crippen molar-refractivity contribution in [2.75, 3.05) is 43.0 Å². The normalized spacial score (nSPS) is 13.5. The van der Waals surface area contributed by atoms with Crippen molar-refractivity contribution in [1.82, 2.24) is 9.88 Å². The van der Waals surface area contributed by atoms with Crippen molar-refractivity contribution in [2.45, 2.75) is 6.92 Å². The number of hydrogen-bond donors (Lipinski definition) is 1. The van der Waals surface area contributed by atoms with Gasteiger partial charge < -0.3 is 24.3 Å². The number of furan rings is 1. The van der Waals surface area contributed by atoms with Crippen molar-refractivity contribution in [3.8, 4) is 0 Å². The Morgan fingerprint density at radius 1 is 1.06 bits per heavy atom. The number of hydrogen-bond acceptors (Lipinski definition) is 7. The van der Waals surface area contributed by atoms with E-state index in [1.165, 1.54) is 12.3 Å². The SMILES string of the molecule is Cc1ccc(C(=O)OCC(=O)N2CCN(c3ccccn3)CC2)cc1NC(=O)c1ccco1. The highest BCUT2D eigenvalue weighted by Crippen LogP contribution is 2.19. The summed E-state index contributed by atoms with van der Waals surface area (Å²) >= 11 is 0. The summed E-state index contributed by atoms with van der Waals surface area (Å²) in [5.41, 5.74) is 1.47. The molecular weight excluding hydrogens is 424 g/mol. The number of carbonyl (C=O) groups is 3. The Bertz CT molecular complexity index is 1120. The molecule has 0 bridgehead atoms. The van der Waals surface area contributed by atoms with E-state index in [-0.39, 0.29) is 23.8 Å². The molecule has 0 atom stereocenters. The average molecular weight is 448 g/mol. The molecule has 4 rings (SSSR count). The summed E-state index contributed by atoms with van der Waals surface area (Å²) < 4.78 is 10.3. The molecule has 2 amide bonds. The number of ether oxygens (including phenoxy) is 1. The number of anilines is 2. The third-order valence-electron chi connectivity index (χ3n) is 5.40. The smallest absolute Gasteiger partial charge is 0.338 e. The Morgan fingerprint density at radius 3 is 2.58 bits per heavy atom. The van der Waals surface area contributed by atoms with Crippen LogP contribution in [0.5, 0.6) is 0 Å². The second-order valence-corrected chi connectivity index (χ2v) is 7.59. The first-order valence-electron chi connectivity index (χ1n) is 10.6. The number of esters is 1. The Kier molecular flexibility index (Phi) is 6.68. The van der Waals surface area contributed by atoms with Crippen molar-refractivity contribution >= 4 is 29.3 Å². The number of nitrogens with one attached hydrogen (secondary N) is 1. The van der Waals surface area contributed by atoms with Crippen LogP contribution in [0.4, 0.5) is 11.5 Å². The van der Waals surface area contributed by atoms with Crippen molar-refractivity contribution in [1.29, 1.82) is 0 Å². The van der Waals surface area contributed by atoms with Crippen molar-refractivity contribution in [3.63, 3.8) is 0 Å². The molecule has 170 valence electrons. The van der Waals surface area contributed by atoms with Gasteiger partial charge in [0.2, 0.25) is 0 Å². The van der Waals surface area contributed by atoms with Gasteiger partial charge in [-0.3, -0.25) is 9.59 Å². The van der Waals surface area contributed by atoms with Crippen LogP contribution in [0.1, 0.15) is 26.5 Å². The van der Waals surface area contributed by atoms with E-state index in [4.69, 9.17) is 9.15 Å². The summed E-state index contributed by atoms with van der Waals surface area (Å²) in [7, 11) is 0. The lowest BCUT2D eigenvalue weighted by Gasteiger charge is -2.35. The first-order valence-corrected chi connectivity index (χ1v) is 10.6. The zero-order chi connectivity index (χ0) is 23.2. The van der Waals surface area contributed by atoms with E-state index in [1.807, 2.05) is 18.2 Å². The highest BCUT2D eigenvalue weighted by Gasteiger charge is 2.23. The van der Waals surface area contributed by atoms with Gasteiger partial charge in [0.05, 0.1) is 11.8 Å². The van der Waals surface area contributed by atoms with Gasteiger partial charge in [0, 0.05) is 38.1 Å². The number of benzene rings is 1. The maximum Gasteiger partial charge on any atom is 0.338 e. The number of aromatic nitrogens is 1. The summed E-state index contributed by atoms with van der Waals surface area (Å²) in [6, 6.07) is 13.7. The van der Waals surface area contributed by atoms with E-state index >= 15 is 0 Å². The van der Waals surface area contributed by atoms with Gasteiger partial charge in [-0.1, -0.05) is 12.1 Å². The van der Waals surface area contributed by atoms with Gasteiger partial charge in [0.25, 0.3) is 11.8 Å². The predicted molar refractivity (Wildman–Crippen MR) is 121 cm³/mol. The van der Waals surface area contributed by atoms with Crippen LogP contribution in [-0.2, 0) is 9.53 Å². The number of piperazine rings is 1. The summed E-state index contributed by atoms with van der Waals surface area (Å²) in [5.74, 6) is -0.262. The monoisotopic (exact) mass is 448 g/mol. The summed E-state index contributed by atoms with van der Waals surface area (Å²) in [5, 5.41) is 2.72. The fourth-order valence-electron chi connectivity index (χ4n) is 3.50. The van der Waals surface area contributed by atoms with Crippen molar-refractivity contribution in [3.05, 3.63) is 77.9 Å². The fourth-order valence-corrected chi connectivity index (χ4v) is 3.50. The summed E-state index contributed by atoms with van der Waals surface area (Å²) in [6.45, 7) is 3.84. The van der Waals surface area contributed by atoms with Crippen LogP contribution >= 0.6 is 0 Å². The van der Waals surface area contributed by atoms with Crippen LogP contribution in [0.25, 0.3) is 0 Å². The maximum atomic E-state index is 12.5. The minimum Gasteiger partial charge on any atom is -0.459 e. The molecule has 1 aliphatic rings. The first-order chi connectivity index (χ1) is 16.0. The maximum absolute atomic E-state index is 12.5. The Hall–Kier alpha value is -4.14. The minimum absolute atomic E-state index is 0.163. The quantitative estimate of drug-likeness (QED) is 0.578. The van der Waals surface area contributed by atoms with Crippen LogP contribution in [0.15, 0.2) is 65.4 Å². The molecule has 1 N–H and O–H groups in total. The molecule has 1 saturated heterocycles. The van der Waals surface area contributed by atoms with E-state index in [2.05, 4.69) is 15.2 Å². The lowest BCUT2D eigenvalue weighted by atomic mass is 10.1. The van der Waals surface area contributed by atoms with E-state index in [0.29, 0.717) is 31.9 Å². The highest BCUT2D eigenvalue weighted by molar-refractivity contribution is 6.03. The van der Waals surface area contributed by atoms with Crippen LogP contribution < -0.4 is 10.2 Å². The molecule has 0 radical (unpaired) electrons. The molecule has 0 aliphatic carbocycles. The first kappa shape index (κ1) is 22.1. The fraction of sp³-hybridized carbons (Fsp3) is 0.250. The van der Waals surface area contributed by atoms with E-state index in [9.17, 15) is 14.4 Å². The lowest BCUT2D eigenvalue weighted by Crippen LogP contribution is -2.50. The molecule has 2 aromatic heterocycles. The molecule has 0 unspecified atom stereocenters. The van der Waals surface area contributed by atoms with E-state index in [1.54, 1.807) is 42.3 Å². The van der Waals surface area contributed by atoms with Crippen molar-refractivity contribution < 1.29 is 23.5 Å². The van der Waals surface area contributed by atoms with Gasteiger partial charge in [-0.15, -0.1) is 0 Å². The molecule has 3 aromatic rings. The van der Waals surface area contributed by atoms with Crippen LogP contribution in [0, 0.1) is 6.92 Å². The summed E-state index contributed by atoms with van der Waals surface area (Å²) in [6.07, 6.45) is 3.15. The van der Waals surface area contributed by atoms with Gasteiger partial charge in [-0.05, 0) is 48.9 Å². The largest absolute Gasteiger partial charge is 0.459 e. The predicted octanol–water partition coefficient (Wildman–Crippen LogP) is 2.74. The third-order valence-corrected chi connectivity index (χ3v) is 5.40. The number of nitrogens with zero attached hydrogens (tertiary/aromatic N) is 3. The number of amides is 2. The highest BCUT2D eigenvalue weighted by atomic mass is 16.5. The van der Waals surface area contributed by atoms with Gasteiger partial charge >= 0.3 is 5.97 Å². The molecule has 1 aromatic carbocycles. The zero-order valence-electron chi connectivity index (χ0n) is 18.2. The average Bonchev–Trinajstić information content (AvgIpc) is 3.40. The van der Waals surface area contributed by atoms with Gasteiger partial charge in [-0.2, -0.15) is 0 Å². The van der Waals surface area contributed by atoms with Gasteiger partial charge in [-0.25, -0.2) is 9.78 Å². The second kappa shape index (κ2) is 9.99. The Balaban J connectivity index is 1.29. The minimum atomic E-state index is -0.635. The molecule has 0 saturated carbocycles. The standard InChI is InChI=1S/C24H24N4O5/c1-17-7-8-18(15-19(17)26-23(30)20-5-4-14-32-20)24(31)33-16-22(29)28-12-10-27(11-13-28)21-6-2-3-9-25-21/h2-9,14-15H,10-13,16H2,1H3,(H,26,30). The molecule has 3 heterocycles. The van der Waals surface area contributed by atoms with E-state index in [0.717, 1.165) is 11.4 Å². The molecule has 1 aliphatic heterocycles. The van der Waals surface area contributed by atoms with Crippen LogP contribution in [0.2, 0.25) is 0 Å². The van der Waals surface area contributed by atoms with Gasteiger partial charge in [0.1, 0.15) is 5.82 Å². The summed E-state index contributed by atoms with van der Waals surface area (Å²) in [4.78, 5) is 45.4. The molecular formula is C24H24N4O5. The number of pyridine rings is 1.